The van der Waals surface area contributed by atoms with Crippen LogP contribution >= 0.6 is 24.2 Å². The molecule has 1 aliphatic rings. The number of benzene rings is 1. The fourth-order valence-electron chi connectivity index (χ4n) is 2.55. The van der Waals surface area contributed by atoms with Gasteiger partial charge in [-0.05, 0) is 37.6 Å². The van der Waals surface area contributed by atoms with Crippen molar-refractivity contribution in [1.82, 2.24) is 10.6 Å². The number of thioether (sulfide) groups is 1. The largest absolute Gasteiger partial charge is 0.459 e. The van der Waals surface area contributed by atoms with Crippen LogP contribution in [0.1, 0.15) is 29.0 Å². The Balaban J connectivity index is 0.00000192. The van der Waals surface area contributed by atoms with E-state index < -0.39 is 0 Å². The van der Waals surface area contributed by atoms with E-state index in [2.05, 4.69) is 22.8 Å². The van der Waals surface area contributed by atoms with E-state index in [0.717, 1.165) is 37.2 Å². The van der Waals surface area contributed by atoms with Crippen molar-refractivity contribution in [1.29, 1.82) is 0 Å². The van der Waals surface area contributed by atoms with Crippen molar-refractivity contribution in [2.75, 3.05) is 13.1 Å². The number of nitrogens with one attached hydrogen (secondary N) is 2. The van der Waals surface area contributed by atoms with Crippen LogP contribution in [0.2, 0.25) is 0 Å². The topological polar surface area (TPSA) is 54.3 Å². The maximum absolute atomic E-state index is 12.4. The minimum Gasteiger partial charge on any atom is -0.459 e. The van der Waals surface area contributed by atoms with Crippen molar-refractivity contribution in [2.45, 2.75) is 29.5 Å². The molecule has 0 aliphatic carbocycles. The molecule has 4 nitrogen and oxygen atoms in total. The molecule has 1 aromatic carbocycles. The number of carbonyl (C=O) groups is 1. The average molecular weight is 353 g/mol. The van der Waals surface area contributed by atoms with Gasteiger partial charge < -0.3 is 15.1 Å². The van der Waals surface area contributed by atoms with Gasteiger partial charge in [0.05, 0.1) is 6.26 Å². The molecule has 2 aromatic rings. The standard InChI is InChI=1S/C17H20N2O2S.ClH/c20-17(19-14-5-4-9-18-11-14)16-13(8-10-21-16)12-22-15-6-2-1-3-7-15;/h1-3,6-8,10,14,18H,4-5,9,11-12H2,(H,19,20);1H/t14-;/m0./s1. The monoisotopic (exact) mass is 352 g/mol. The summed E-state index contributed by atoms with van der Waals surface area (Å²) in [5, 5.41) is 6.35. The lowest BCUT2D eigenvalue weighted by Crippen LogP contribution is -2.45. The number of rotatable bonds is 5. The van der Waals surface area contributed by atoms with E-state index in [-0.39, 0.29) is 24.4 Å². The summed E-state index contributed by atoms with van der Waals surface area (Å²) in [5.41, 5.74) is 0.940. The van der Waals surface area contributed by atoms with Crippen molar-refractivity contribution in [3.05, 3.63) is 54.0 Å². The molecule has 1 aromatic heterocycles. The summed E-state index contributed by atoms with van der Waals surface area (Å²) in [4.78, 5) is 13.6. The summed E-state index contributed by atoms with van der Waals surface area (Å²) >= 11 is 1.70. The van der Waals surface area contributed by atoms with Gasteiger partial charge in [-0.1, -0.05) is 18.2 Å². The second-order valence-corrected chi connectivity index (χ2v) is 6.44. The first kappa shape index (κ1) is 17.9. The third kappa shape index (κ3) is 5.03. The zero-order valence-electron chi connectivity index (χ0n) is 12.8. The fourth-order valence-corrected chi connectivity index (χ4v) is 3.45. The van der Waals surface area contributed by atoms with E-state index in [1.54, 1.807) is 18.0 Å². The minimum atomic E-state index is -0.109. The molecule has 6 heteroatoms. The van der Waals surface area contributed by atoms with Crippen LogP contribution in [0.5, 0.6) is 0 Å². The number of hydrogen-bond donors (Lipinski definition) is 2. The van der Waals surface area contributed by atoms with E-state index in [9.17, 15) is 4.79 Å². The Hall–Kier alpha value is -1.43. The second kappa shape index (κ2) is 9.01. The molecule has 0 radical (unpaired) electrons. The minimum absolute atomic E-state index is 0. The molecule has 0 unspecified atom stereocenters. The molecule has 124 valence electrons. The van der Waals surface area contributed by atoms with Gasteiger partial charge in [0.2, 0.25) is 0 Å². The Labute approximate surface area is 146 Å². The van der Waals surface area contributed by atoms with Crippen molar-refractivity contribution >= 4 is 30.1 Å². The number of carbonyl (C=O) groups excluding carboxylic acids is 1. The maximum atomic E-state index is 12.4. The van der Waals surface area contributed by atoms with Crippen LogP contribution in [0.4, 0.5) is 0 Å². The Kier molecular flexibility index (Phi) is 7.02. The molecule has 1 aliphatic heterocycles. The molecule has 3 rings (SSSR count). The average Bonchev–Trinajstić information content (AvgIpc) is 3.03. The smallest absolute Gasteiger partial charge is 0.287 e. The third-order valence-corrected chi connectivity index (χ3v) is 4.78. The van der Waals surface area contributed by atoms with Gasteiger partial charge in [0.15, 0.2) is 5.76 Å². The quantitative estimate of drug-likeness (QED) is 0.809. The van der Waals surface area contributed by atoms with Gasteiger partial charge >= 0.3 is 0 Å². The van der Waals surface area contributed by atoms with Crippen molar-refractivity contribution < 1.29 is 9.21 Å². The Morgan fingerprint density at radius 2 is 2.13 bits per heavy atom. The van der Waals surface area contributed by atoms with E-state index in [0.29, 0.717) is 5.76 Å². The third-order valence-electron chi connectivity index (χ3n) is 3.72. The molecule has 2 heterocycles. The van der Waals surface area contributed by atoms with Crippen LogP contribution in [-0.2, 0) is 5.75 Å². The van der Waals surface area contributed by atoms with E-state index in [1.165, 1.54) is 4.90 Å². The first-order valence-electron chi connectivity index (χ1n) is 7.59. The molecule has 0 spiro atoms. The van der Waals surface area contributed by atoms with Gasteiger partial charge in [0.25, 0.3) is 5.91 Å². The molecule has 1 saturated heterocycles. The lowest BCUT2D eigenvalue weighted by molar-refractivity contribution is 0.0901. The van der Waals surface area contributed by atoms with Crippen LogP contribution in [0, 0.1) is 0 Å². The predicted octanol–water partition coefficient (Wildman–Crippen LogP) is 3.48. The lowest BCUT2D eigenvalue weighted by Gasteiger charge is -2.23. The predicted molar refractivity (Wildman–Crippen MR) is 95.3 cm³/mol. The second-order valence-electron chi connectivity index (χ2n) is 5.39. The number of furan rings is 1. The van der Waals surface area contributed by atoms with Gasteiger partial charge in [-0.25, -0.2) is 0 Å². The molecule has 23 heavy (non-hydrogen) atoms. The highest BCUT2D eigenvalue weighted by Crippen LogP contribution is 2.25. The summed E-state index contributed by atoms with van der Waals surface area (Å²) < 4.78 is 5.41. The lowest BCUT2D eigenvalue weighted by atomic mass is 10.1. The highest BCUT2D eigenvalue weighted by molar-refractivity contribution is 7.98. The zero-order chi connectivity index (χ0) is 15.2. The molecule has 0 saturated carbocycles. The maximum Gasteiger partial charge on any atom is 0.287 e. The van der Waals surface area contributed by atoms with Gasteiger partial charge in [-0.2, -0.15) is 0 Å². The van der Waals surface area contributed by atoms with Gasteiger partial charge in [-0.15, -0.1) is 24.2 Å². The summed E-state index contributed by atoms with van der Waals surface area (Å²) in [6.45, 7) is 1.87. The van der Waals surface area contributed by atoms with E-state index >= 15 is 0 Å². The Bertz CT molecular complexity index is 612. The normalized spacial score (nSPS) is 17.3. The van der Waals surface area contributed by atoms with E-state index in [1.807, 2.05) is 24.3 Å². The molecule has 1 atom stereocenters. The van der Waals surface area contributed by atoms with Crippen molar-refractivity contribution in [3.63, 3.8) is 0 Å². The van der Waals surface area contributed by atoms with Crippen LogP contribution in [0.15, 0.2) is 52.0 Å². The summed E-state index contributed by atoms with van der Waals surface area (Å²) in [5.74, 6) is 1.06. The SMILES string of the molecule is Cl.O=C(N[C@H]1CCCNC1)c1occc1CSc1ccccc1. The molecular formula is C17H21ClN2O2S. The summed E-state index contributed by atoms with van der Waals surface area (Å²) in [7, 11) is 0. The number of amides is 1. The molecular weight excluding hydrogens is 332 g/mol. The van der Waals surface area contributed by atoms with Gasteiger partial charge in [0.1, 0.15) is 0 Å². The zero-order valence-corrected chi connectivity index (χ0v) is 14.4. The number of hydrogen-bond acceptors (Lipinski definition) is 4. The van der Waals surface area contributed by atoms with Gasteiger partial charge in [0, 0.05) is 28.8 Å². The Morgan fingerprint density at radius 1 is 1.30 bits per heavy atom. The summed E-state index contributed by atoms with van der Waals surface area (Å²) in [6.07, 6.45) is 3.71. The number of piperidine rings is 1. The first-order chi connectivity index (χ1) is 10.8. The molecule has 1 amide bonds. The summed E-state index contributed by atoms with van der Waals surface area (Å²) in [6, 6.07) is 12.2. The van der Waals surface area contributed by atoms with Crippen LogP contribution in [0.25, 0.3) is 0 Å². The van der Waals surface area contributed by atoms with Crippen LogP contribution < -0.4 is 10.6 Å². The first-order valence-corrected chi connectivity index (χ1v) is 8.57. The highest BCUT2D eigenvalue weighted by Gasteiger charge is 2.20. The van der Waals surface area contributed by atoms with E-state index in [4.69, 9.17) is 4.42 Å². The van der Waals surface area contributed by atoms with Crippen molar-refractivity contribution in [3.8, 4) is 0 Å². The Morgan fingerprint density at radius 3 is 2.87 bits per heavy atom. The molecule has 1 fully saturated rings. The highest BCUT2D eigenvalue weighted by atomic mass is 35.5. The van der Waals surface area contributed by atoms with Gasteiger partial charge in [-0.3, -0.25) is 4.79 Å². The molecule has 0 bridgehead atoms. The molecule has 2 N–H and O–H groups in total. The fraction of sp³-hybridized carbons (Fsp3) is 0.353. The number of halogens is 1. The van der Waals surface area contributed by atoms with Crippen molar-refractivity contribution in [2.24, 2.45) is 0 Å². The van der Waals surface area contributed by atoms with Crippen LogP contribution in [0.3, 0.4) is 0 Å². The van der Waals surface area contributed by atoms with Crippen LogP contribution in [-0.4, -0.2) is 25.0 Å².